The quantitative estimate of drug-likeness (QED) is 0.795. The summed E-state index contributed by atoms with van der Waals surface area (Å²) in [6, 6.07) is 0.521. The minimum absolute atomic E-state index is 0.0278. The second-order valence-electron chi connectivity index (χ2n) is 6.32. The SMILES string of the molecule is COC(=O)C1(NC2CCCCC2)CCCCCCC1. The lowest BCUT2D eigenvalue weighted by Crippen LogP contribution is -2.57. The summed E-state index contributed by atoms with van der Waals surface area (Å²) < 4.78 is 5.13. The Bertz CT molecular complexity index is 276. The Morgan fingerprint density at radius 2 is 1.47 bits per heavy atom. The molecule has 0 heterocycles. The summed E-state index contributed by atoms with van der Waals surface area (Å²) in [5.74, 6) is -0.0278. The number of carbonyl (C=O) groups excluding carboxylic acids is 1. The molecule has 2 aliphatic rings. The zero-order valence-corrected chi connectivity index (χ0v) is 12.4. The first-order chi connectivity index (χ1) is 9.27. The zero-order valence-electron chi connectivity index (χ0n) is 12.4. The van der Waals surface area contributed by atoms with Crippen molar-refractivity contribution in [3.05, 3.63) is 0 Å². The van der Waals surface area contributed by atoms with Gasteiger partial charge in [0.2, 0.25) is 0 Å². The van der Waals surface area contributed by atoms with Gasteiger partial charge < -0.3 is 4.74 Å². The number of hydrogen-bond donors (Lipinski definition) is 1. The third-order valence-corrected chi connectivity index (χ3v) is 4.87. The molecule has 2 saturated carbocycles. The lowest BCUT2D eigenvalue weighted by atomic mass is 9.82. The van der Waals surface area contributed by atoms with Crippen LogP contribution >= 0.6 is 0 Å². The molecule has 0 aliphatic heterocycles. The van der Waals surface area contributed by atoms with E-state index in [0.29, 0.717) is 6.04 Å². The van der Waals surface area contributed by atoms with Crippen LogP contribution in [0.4, 0.5) is 0 Å². The van der Waals surface area contributed by atoms with Gasteiger partial charge in [-0.3, -0.25) is 10.1 Å². The van der Waals surface area contributed by atoms with Crippen molar-refractivity contribution >= 4 is 5.97 Å². The molecule has 0 radical (unpaired) electrons. The lowest BCUT2D eigenvalue weighted by molar-refractivity contribution is -0.150. The number of methoxy groups -OCH3 is 1. The zero-order chi connectivity index (χ0) is 13.6. The molecular weight excluding hydrogens is 238 g/mol. The van der Waals surface area contributed by atoms with Gasteiger partial charge in [-0.2, -0.15) is 0 Å². The van der Waals surface area contributed by atoms with E-state index in [9.17, 15) is 4.79 Å². The molecule has 0 aromatic carbocycles. The second kappa shape index (κ2) is 7.28. The predicted molar refractivity (Wildman–Crippen MR) is 77.1 cm³/mol. The topological polar surface area (TPSA) is 38.3 Å². The van der Waals surface area contributed by atoms with Gasteiger partial charge in [0.05, 0.1) is 7.11 Å². The Hall–Kier alpha value is -0.570. The van der Waals surface area contributed by atoms with E-state index in [1.54, 1.807) is 0 Å². The monoisotopic (exact) mass is 267 g/mol. The summed E-state index contributed by atoms with van der Waals surface area (Å²) >= 11 is 0. The Kier molecular flexibility index (Phi) is 5.68. The summed E-state index contributed by atoms with van der Waals surface area (Å²) in [5.41, 5.74) is -0.392. The number of rotatable bonds is 3. The molecule has 0 amide bonds. The van der Waals surface area contributed by atoms with Crippen LogP contribution in [0.25, 0.3) is 0 Å². The molecule has 0 saturated heterocycles. The van der Waals surface area contributed by atoms with Gasteiger partial charge in [-0.05, 0) is 25.7 Å². The number of ether oxygens (including phenoxy) is 1. The van der Waals surface area contributed by atoms with Crippen LogP contribution in [0.3, 0.4) is 0 Å². The first-order valence-electron chi connectivity index (χ1n) is 8.13. The van der Waals surface area contributed by atoms with Crippen LogP contribution in [0.15, 0.2) is 0 Å². The molecule has 0 aromatic heterocycles. The van der Waals surface area contributed by atoms with Gasteiger partial charge in [-0.15, -0.1) is 0 Å². The van der Waals surface area contributed by atoms with Crippen molar-refractivity contribution in [1.29, 1.82) is 0 Å². The smallest absolute Gasteiger partial charge is 0.326 e. The van der Waals surface area contributed by atoms with Crippen LogP contribution in [0.2, 0.25) is 0 Å². The molecule has 3 heteroatoms. The van der Waals surface area contributed by atoms with Gasteiger partial charge in [0.15, 0.2) is 0 Å². The molecule has 0 atom stereocenters. The molecule has 2 fully saturated rings. The van der Waals surface area contributed by atoms with Crippen LogP contribution in [0.5, 0.6) is 0 Å². The number of hydrogen-bond acceptors (Lipinski definition) is 3. The molecule has 3 nitrogen and oxygen atoms in total. The molecule has 0 unspecified atom stereocenters. The molecule has 110 valence electrons. The molecule has 2 rings (SSSR count). The molecule has 0 aromatic rings. The molecule has 1 N–H and O–H groups in total. The summed E-state index contributed by atoms with van der Waals surface area (Å²) in [7, 11) is 1.53. The maximum absolute atomic E-state index is 12.3. The van der Waals surface area contributed by atoms with E-state index in [1.165, 1.54) is 58.5 Å². The van der Waals surface area contributed by atoms with E-state index in [-0.39, 0.29) is 5.97 Å². The minimum Gasteiger partial charge on any atom is -0.468 e. The van der Waals surface area contributed by atoms with Crippen molar-refractivity contribution in [3.8, 4) is 0 Å². The van der Waals surface area contributed by atoms with Crippen LogP contribution in [-0.2, 0) is 9.53 Å². The van der Waals surface area contributed by atoms with Crippen molar-refractivity contribution in [2.45, 2.75) is 88.6 Å². The Labute approximate surface area is 117 Å². The predicted octanol–water partition coefficient (Wildman–Crippen LogP) is 3.56. The largest absolute Gasteiger partial charge is 0.468 e. The van der Waals surface area contributed by atoms with Crippen molar-refractivity contribution < 1.29 is 9.53 Å². The standard InChI is InChI=1S/C16H29NO2/c1-19-15(18)16(12-8-3-2-4-9-13-16)17-14-10-6-5-7-11-14/h14,17H,2-13H2,1H3. The van der Waals surface area contributed by atoms with Crippen molar-refractivity contribution in [2.24, 2.45) is 0 Å². The van der Waals surface area contributed by atoms with Crippen LogP contribution in [0.1, 0.15) is 77.0 Å². The third-order valence-electron chi connectivity index (χ3n) is 4.87. The highest BCUT2D eigenvalue weighted by molar-refractivity contribution is 5.80. The van der Waals surface area contributed by atoms with Gasteiger partial charge in [-0.25, -0.2) is 0 Å². The first kappa shape index (κ1) is 14.8. The highest BCUT2D eigenvalue weighted by Gasteiger charge is 2.40. The Morgan fingerprint density at radius 3 is 2.05 bits per heavy atom. The van der Waals surface area contributed by atoms with Gasteiger partial charge in [0, 0.05) is 6.04 Å². The third kappa shape index (κ3) is 3.95. The fourth-order valence-corrected chi connectivity index (χ4v) is 3.75. The number of esters is 1. The summed E-state index contributed by atoms with van der Waals surface area (Å²) in [6.07, 6.45) is 14.4. The van der Waals surface area contributed by atoms with Gasteiger partial charge in [0.25, 0.3) is 0 Å². The van der Waals surface area contributed by atoms with Crippen molar-refractivity contribution in [2.75, 3.05) is 7.11 Å². The Morgan fingerprint density at radius 1 is 0.947 bits per heavy atom. The summed E-state index contributed by atoms with van der Waals surface area (Å²) in [5, 5.41) is 3.72. The normalized spacial score (nSPS) is 25.3. The molecule has 19 heavy (non-hydrogen) atoms. The van der Waals surface area contributed by atoms with E-state index in [2.05, 4.69) is 5.32 Å². The lowest BCUT2D eigenvalue weighted by Gasteiger charge is -2.38. The van der Waals surface area contributed by atoms with E-state index >= 15 is 0 Å². The average Bonchev–Trinajstić information content (AvgIpc) is 2.42. The van der Waals surface area contributed by atoms with Gasteiger partial charge >= 0.3 is 5.97 Å². The Balaban J connectivity index is 2.05. The maximum atomic E-state index is 12.3. The molecular formula is C16H29NO2. The second-order valence-corrected chi connectivity index (χ2v) is 6.32. The highest BCUT2D eigenvalue weighted by atomic mass is 16.5. The van der Waals surface area contributed by atoms with Crippen LogP contribution in [0, 0.1) is 0 Å². The molecule has 0 spiro atoms. The fraction of sp³-hybridized carbons (Fsp3) is 0.938. The average molecular weight is 267 g/mol. The van der Waals surface area contributed by atoms with Crippen LogP contribution in [-0.4, -0.2) is 24.7 Å². The molecule has 0 bridgehead atoms. The summed E-state index contributed by atoms with van der Waals surface area (Å²) in [6.45, 7) is 0. The van der Waals surface area contributed by atoms with E-state index in [4.69, 9.17) is 4.74 Å². The summed E-state index contributed by atoms with van der Waals surface area (Å²) in [4.78, 5) is 12.3. The fourth-order valence-electron chi connectivity index (χ4n) is 3.75. The maximum Gasteiger partial charge on any atom is 0.326 e. The number of carbonyl (C=O) groups is 1. The first-order valence-corrected chi connectivity index (χ1v) is 8.13. The van der Waals surface area contributed by atoms with Gasteiger partial charge in [0.1, 0.15) is 5.54 Å². The van der Waals surface area contributed by atoms with E-state index < -0.39 is 5.54 Å². The van der Waals surface area contributed by atoms with Gasteiger partial charge in [-0.1, -0.05) is 51.4 Å². The molecule has 2 aliphatic carbocycles. The van der Waals surface area contributed by atoms with Crippen molar-refractivity contribution in [3.63, 3.8) is 0 Å². The van der Waals surface area contributed by atoms with Crippen LogP contribution < -0.4 is 5.32 Å². The number of nitrogens with one attached hydrogen (secondary N) is 1. The highest BCUT2D eigenvalue weighted by Crippen LogP contribution is 2.30. The van der Waals surface area contributed by atoms with E-state index in [1.807, 2.05) is 0 Å². The van der Waals surface area contributed by atoms with E-state index in [0.717, 1.165) is 25.7 Å². The van der Waals surface area contributed by atoms with Crippen molar-refractivity contribution in [1.82, 2.24) is 5.32 Å². The minimum atomic E-state index is -0.392.